The molecule has 0 radical (unpaired) electrons. The Hall–Kier alpha value is -2.98. The number of amides is 2. The molecular weight excluding hydrogens is 458 g/mol. The van der Waals surface area contributed by atoms with Gasteiger partial charge in [0.25, 0.3) is 0 Å². The maximum Gasteiger partial charge on any atom is 0.422 e. The molecular formula is C25H29F2N4O4+. The van der Waals surface area contributed by atoms with Crippen molar-refractivity contribution in [2.45, 2.75) is 49.7 Å². The molecule has 2 unspecified atom stereocenters. The maximum absolute atomic E-state index is 14.1. The van der Waals surface area contributed by atoms with E-state index in [0.717, 1.165) is 0 Å². The number of ether oxygens (including phenoxy) is 1. The van der Waals surface area contributed by atoms with Gasteiger partial charge in [0.2, 0.25) is 5.92 Å². The molecule has 2 bridgehead atoms. The Bertz CT molecular complexity index is 1080. The Morgan fingerprint density at radius 1 is 1.11 bits per heavy atom. The van der Waals surface area contributed by atoms with Crippen LogP contribution in [0.15, 0.2) is 48.7 Å². The van der Waals surface area contributed by atoms with Crippen LogP contribution in [0.4, 0.5) is 19.4 Å². The number of fused-ring (bicyclic) bond motifs is 3. The number of nitrogens with zero attached hydrogens (tertiary/aromatic N) is 3. The second kappa shape index (κ2) is 8.91. The first-order chi connectivity index (χ1) is 16.7. The number of aromatic nitrogens is 2. The van der Waals surface area contributed by atoms with Crippen molar-refractivity contribution in [1.82, 2.24) is 10.2 Å². The Balaban J connectivity index is 1.36. The fourth-order valence-corrected chi connectivity index (χ4v) is 5.89. The molecule has 1 saturated carbocycles. The lowest BCUT2D eigenvalue weighted by Crippen LogP contribution is -2.68. The molecule has 0 spiro atoms. The molecule has 1 aromatic carbocycles. The van der Waals surface area contributed by atoms with Gasteiger partial charge < -0.3 is 9.84 Å². The molecule has 1 aromatic heterocycles. The first kappa shape index (κ1) is 23.7. The predicted molar refractivity (Wildman–Crippen MR) is 121 cm³/mol. The zero-order valence-corrected chi connectivity index (χ0v) is 19.3. The van der Waals surface area contributed by atoms with E-state index < -0.39 is 35.9 Å². The van der Waals surface area contributed by atoms with E-state index in [4.69, 9.17) is 4.74 Å². The Morgan fingerprint density at radius 2 is 1.86 bits per heavy atom. The highest BCUT2D eigenvalue weighted by molar-refractivity contribution is 5.83. The zero-order chi connectivity index (χ0) is 24.7. The lowest BCUT2D eigenvalue weighted by Gasteiger charge is -2.49. The number of benzene rings is 1. The van der Waals surface area contributed by atoms with Crippen LogP contribution in [0.5, 0.6) is 0 Å². The van der Waals surface area contributed by atoms with Gasteiger partial charge in [-0.2, -0.15) is 5.10 Å². The summed E-state index contributed by atoms with van der Waals surface area (Å²) in [7, 11) is 0. The average molecular weight is 488 g/mol. The second-order valence-corrected chi connectivity index (χ2v) is 10.0. The van der Waals surface area contributed by atoms with Gasteiger partial charge in [0.15, 0.2) is 17.5 Å². The van der Waals surface area contributed by atoms with E-state index in [0.29, 0.717) is 31.7 Å². The summed E-state index contributed by atoms with van der Waals surface area (Å²) in [6.07, 6.45) is 1.32. The summed E-state index contributed by atoms with van der Waals surface area (Å²) < 4.78 is 34.1. The first-order valence-electron chi connectivity index (χ1n) is 12.0. The number of nitrogens with one attached hydrogen (secondary N) is 1. The van der Waals surface area contributed by atoms with Gasteiger partial charge in [-0.25, -0.2) is 22.9 Å². The lowest BCUT2D eigenvalue weighted by molar-refractivity contribution is -0.869. The van der Waals surface area contributed by atoms with Gasteiger partial charge in [-0.05, 0) is 24.1 Å². The van der Waals surface area contributed by atoms with Gasteiger partial charge >= 0.3 is 12.0 Å². The number of rotatable bonds is 5. The van der Waals surface area contributed by atoms with Crippen LogP contribution in [0.2, 0.25) is 0 Å². The maximum atomic E-state index is 14.1. The topological polar surface area (TPSA) is 101 Å². The number of urea groups is 1. The molecule has 4 heterocycles. The molecule has 186 valence electrons. The van der Waals surface area contributed by atoms with Gasteiger partial charge in [-0.1, -0.05) is 30.3 Å². The smallest absolute Gasteiger partial charge is 0.422 e. The fourth-order valence-electron chi connectivity index (χ4n) is 5.89. The molecule has 8 nitrogen and oxygen atoms in total. The highest BCUT2D eigenvalue weighted by atomic mass is 19.3. The number of carbonyl (C=O) groups is 2. The van der Waals surface area contributed by atoms with Crippen molar-refractivity contribution in [2.24, 2.45) is 11.8 Å². The van der Waals surface area contributed by atoms with Crippen molar-refractivity contribution in [3.05, 3.63) is 54.2 Å². The molecule has 2 N–H and O–H groups in total. The molecule has 35 heavy (non-hydrogen) atoms. The minimum Gasteiger partial charge on any atom is -0.454 e. The van der Waals surface area contributed by atoms with Gasteiger partial charge in [0.1, 0.15) is 6.54 Å². The van der Waals surface area contributed by atoms with Gasteiger partial charge in [0.05, 0.1) is 13.1 Å². The Morgan fingerprint density at radius 3 is 2.49 bits per heavy atom. The summed E-state index contributed by atoms with van der Waals surface area (Å²) in [5.74, 6) is -4.42. The minimum atomic E-state index is -2.93. The van der Waals surface area contributed by atoms with Crippen LogP contribution in [0.1, 0.15) is 37.7 Å². The largest absolute Gasteiger partial charge is 0.454 e. The van der Waals surface area contributed by atoms with Crippen molar-refractivity contribution in [3.8, 4) is 0 Å². The third-order valence-corrected chi connectivity index (χ3v) is 7.93. The van der Waals surface area contributed by atoms with Crippen LogP contribution in [0, 0.1) is 11.8 Å². The van der Waals surface area contributed by atoms with E-state index in [9.17, 15) is 23.5 Å². The summed E-state index contributed by atoms with van der Waals surface area (Å²) in [5, 5.41) is 22.1. The Labute approximate surface area is 201 Å². The number of hydrogen-bond acceptors (Lipinski definition) is 6. The van der Waals surface area contributed by atoms with Crippen molar-refractivity contribution in [2.75, 3.05) is 25.0 Å². The first-order valence-corrected chi connectivity index (χ1v) is 12.0. The molecule has 1 aliphatic carbocycles. The number of aliphatic hydroxyl groups is 1. The molecule has 10 heteroatoms. The van der Waals surface area contributed by atoms with E-state index in [1.165, 1.54) is 6.20 Å². The number of carbonyl (C=O) groups excluding carboxylic acids is 2. The molecule has 4 aliphatic rings. The van der Waals surface area contributed by atoms with Crippen molar-refractivity contribution in [1.29, 1.82) is 0 Å². The van der Waals surface area contributed by atoms with Crippen molar-refractivity contribution in [3.63, 3.8) is 0 Å². The van der Waals surface area contributed by atoms with E-state index >= 15 is 0 Å². The number of hydrogen-bond donors (Lipinski definition) is 2. The lowest BCUT2D eigenvalue weighted by atomic mass is 9.79. The van der Waals surface area contributed by atoms with Crippen molar-refractivity contribution >= 4 is 17.8 Å². The highest BCUT2D eigenvalue weighted by Crippen LogP contribution is 2.48. The standard InChI is InChI=1S/C25H28F2N4O4/c26-24(27)11-8-19(15-24)25(34,18-5-2-1-3-6-18)22(32)35-20-16-31(13-9-17(20)10-14-31)23(33)29-21-7-4-12-28-30-21/h1-7,12,17,19-20,34H,8-11,13-16H2/p+1/t17?,19?,20-,25?,31?/m0/s1. The van der Waals surface area contributed by atoms with E-state index in [1.54, 1.807) is 42.5 Å². The van der Waals surface area contributed by atoms with Gasteiger partial charge in [-0.3, -0.25) is 5.32 Å². The van der Waals surface area contributed by atoms with Crippen LogP contribution in [-0.2, 0) is 15.1 Å². The summed E-state index contributed by atoms with van der Waals surface area (Å²) in [5.41, 5.74) is -1.93. The SMILES string of the molecule is O=C(O[C@H]1C[N+]2(C(=O)Nc3cccnn3)CCC1CC2)C(O)(c1ccccc1)C1CCC(F)(F)C1. The average Bonchev–Trinajstić information content (AvgIpc) is 3.25. The van der Waals surface area contributed by atoms with Gasteiger partial charge in [0, 0.05) is 43.7 Å². The number of esters is 1. The number of quaternary nitrogens is 1. The highest BCUT2D eigenvalue weighted by Gasteiger charge is 2.57. The Kier molecular flexibility index (Phi) is 6.04. The van der Waals surface area contributed by atoms with E-state index in [-0.39, 0.29) is 41.4 Å². The molecule has 6 rings (SSSR count). The summed E-state index contributed by atoms with van der Waals surface area (Å²) in [6, 6.07) is 11.3. The summed E-state index contributed by atoms with van der Waals surface area (Å²) in [4.78, 5) is 26.7. The molecule has 2 aromatic rings. The fraction of sp³-hybridized carbons (Fsp3) is 0.520. The molecule has 3 atom stereocenters. The van der Waals surface area contributed by atoms with Crippen LogP contribution >= 0.6 is 0 Å². The second-order valence-electron chi connectivity index (χ2n) is 10.0. The van der Waals surface area contributed by atoms with E-state index in [2.05, 4.69) is 15.5 Å². The van der Waals surface area contributed by atoms with Crippen LogP contribution in [0.3, 0.4) is 0 Å². The molecule has 3 saturated heterocycles. The monoisotopic (exact) mass is 487 g/mol. The molecule has 2 amide bonds. The van der Waals surface area contributed by atoms with Gasteiger partial charge in [-0.15, -0.1) is 5.10 Å². The number of anilines is 1. The van der Waals surface area contributed by atoms with Crippen LogP contribution < -0.4 is 5.32 Å². The summed E-state index contributed by atoms with van der Waals surface area (Å²) >= 11 is 0. The van der Waals surface area contributed by atoms with E-state index in [1.807, 2.05) is 0 Å². The van der Waals surface area contributed by atoms with Crippen LogP contribution in [0.25, 0.3) is 0 Å². The third kappa shape index (κ3) is 4.40. The number of alkyl halides is 2. The van der Waals surface area contributed by atoms with Crippen LogP contribution in [-0.4, -0.2) is 63.4 Å². The number of halogens is 2. The summed E-state index contributed by atoms with van der Waals surface area (Å²) in [6.45, 7) is 1.46. The molecule has 4 fully saturated rings. The molecule has 3 aliphatic heterocycles. The predicted octanol–water partition coefficient (Wildman–Crippen LogP) is 3.48. The minimum absolute atomic E-state index is 0.0160. The number of piperidine rings is 3. The third-order valence-electron chi connectivity index (χ3n) is 7.93. The normalized spacial score (nSPS) is 30.9. The zero-order valence-electron chi connectivity index (χ0n) is 19.3. The quantitative estimate of drug-likeness (QED) is 0.495. The van der Waals surface area contributed by atoms with Crippen molar-refractivity contribution < 1.29 is 32.7 Å².